The number of amides is 1. The summed E-state index contributed by atoms with van der Waals surface area (Å²) in [6.07, 6.45) is 1.04. The molecule has 0 saturated carbocycles. The molecule has 0 aliphatic rings. The fraction of sp³-hybridized carbons (Fsp3) is 0.455. The number of pyridine rings is 1. The number of nitrogens with two attached hydrogens (primary N) is 1. The topological polar surface area (TPSA) is 65.2 Å². The molecule has 17 heavy (non-hydrogen) atoms. The first kappa shape index (κ1) is 16.4. The van der Waals surface area contributed by atoms with E-state index in [0.29, 0.717) is 5.15 Å². The van der Waals surface area contributed by atoms with Crippen molar-refractivity contribution in [2.45, 2.75) is 33.3 Å². The highest BCUT2D eigenvalue weighted by molar-refractivity contribution is 14.1. The van der Waals surface area contributed by atoms with E-state index >= 15 is 0 Å². The Labute approximate surface area is 120 Å². The molecule has 1 aromatic heterocycles. The van der Waals surface area contributed by atoms with Gasteiger partial charge in [-0.15, -0.1) is 0 Å². The third kappa shape index (κ3) is 9.17. The number of rotatable bonds is 0. The van der Waals surface area contributed by atoms with Gasteiger partial charge in [0.25, 0.3) is 0 Å². The van der Waals surface area contributed by atoms with Gasteiger partial charge in [-0.25, -0.2) is 9.78 Å². The van der Waals surface area contributed by atoms with Gasteiger partial charge in [0, 0.05) is 9.77 Å². The van der Waals surface area contributed by atoms with E-state index in [9.17, 15) is 4.79 Å². The van der Waals surface area contributed by atoms with Gasteiger partial charge in [-0.1, -0.05) is 11.6 Å². The maximum Gasteiger partial charge on any atom is 0.405 e. The Hall–Kier alpha value is -0.560. The number of hydrogen-bond acceptors (Lipinski definition) is 3. The van der Waals surface area contributed by atoms with E-state index in [-0.39, 0.29) is 0 Å². The molecule has 1 aromatic rings. The number of aromatic nitrogens is 1. The maximum absolute atomic E-state index is 10.0. The van der Waals surface area contributed by atoms with Crippen LogP contribution in [0.25, 0.3) is 0 Å². The summed E-state index contributed by atoms with van der Waals surface area (Å²) < 4.78 is 5.74. The van der Waals surface area contributed by atoms with Crippen LogP contribution in [0.3, 0.4) is 0 Å². The van der Waals surface area contributed by atoms with Gasteiger partial charge < -0.3 is 10.5 Å². The van der Waals surface area contributed by atoms with Crippen LogP contribution in [0, 0.1) is 10.5 Å². The average Bonchev–Trinajstić information content (AvgIpc) is 2.08. The van der Waals surface area contributed by atoms with Crippen molar-refractivity contribution >= 4 is 40.3 Å². The average molecular weight is 371 g/mol. The lowest BCUT2D eigenvalue weighted by atomic mass is 10.2. The molecule has 1 amide bonds. The first-order valence-corrected chi connectivity index (χ1v) is 6.33. The van der Waals surface area contributed by atoms with Crippen LogP contribution in [0.2, 0.25) is 5.15 Å². The monoisotopic (exact) mass is 370 g/mol. The second-order valence-corrected chi connectivity index (χ2v) is 5.84. The van der Waals surface area contributed by atoms with E-state index in [4.69, 9.17) is 17.3 Å². The van der Waals surface area contributed by atoms with Gasteiger partial charge >= 0.3 is 6.09 Å². The molecule has 2 N–H and O–H groups in total. The second kappa shape index (κ2) is 7.00. The zero-order valence-corrected chi connectivity index (χ0v) is 13.2. The molecule has 0 bridgehead atoms. The standard InChI is InChI=1S/C6H5ClIN.C5H11NO2/c1-4-3-9-6(7)2-5(4)8;1-5(2,3)8-4(6)7/h2-3H,1H3;1-3H3,(H2,6,7). The van der Waals surface area contributed by atoms with Crippen LogP contribution in [0.15, 0.2) is 12.3 Å². The SMILES string of the molecule is CC(C)(C)OC(N)=O.Cc1cnc(Cl)cc1I. The minimum atomic E-state index is -0.725. The van der Waals surface area contributed by atoms with Gasteiger partial charge in [-0.3, -0.25) is 0 Å². The summed E-state index contributed by atoms with van der Waals surface area (Å²) in [5.41, 5.74) is 5.43. The number of nitrogens with zero attached hydrogens (tertiary/aromatic N) is 1. The first-order valence-electron chi connectivity index (χ1n) is 4.88. The van der Waals surface area contributed by atoms with Crippen molar-refractivity contribution in [3.63, 3.8) is 0 Å². The Kier molecular flexibility index (Phi) is 6.77. The molecule has 96 valence electrons. The molecule has 0 aromatic carbocycles. The lowest BCUT2D eigenvalue weighted by Gasteiger charge is -2.16. The number of halogens is 2. The molecule has 1 heterocycles. The van der Waals surface area contributed by atoms with Gasteiger partial charge in [0.1, 0.15) is 10.8 Å². The van der Waals surface area contributed by atoms with Gasteiger partial charge in [0.05, 0.1) is 0 Å². The first-order chi connectivity index (χ1) is 7.61. The van der Waals surface area contributed by atoms with Gasteiger partial charge in [0.2, 0.25) is 0 Å². The minimum absolute atomic E-state index is 0.453. The number of primary amides is 1. The van der Waals surface area contributed by atoms with Gasteiger partial charge in [-0.2, -0.15) is 0 Å². The van der Waals surface area contributed by atoms with E-state index in [1.54, 1.807) is 27.0 Å². The van der Waals surface area contributed by atoms with Crippen LogP contribution in [0.4, 0.5) is 4.79 Å². The number of hydrogen-bond donors (Lipinski definition) is 1. The summed E-state index contributed by atoms with van der Waals surface area (Å²) >= 11 is 7.83. The van der Waals surface area contributed by atoms with Crippen LogP contribution in [-0.4, -0.2) is 16.7 Å². The lowest BCUT2D eigenvalue weighted by Crippen LogP contribution is -2.27. The summed E-state index contributed by atoms with van der Waals surface area (Å²) in [7, 11) is 0. The molecular weight excluding hydrogens is 354 g/mol. The van der Waals surface area contributed by atoms with Crippen molar-refractivity contribution in [2.75, 3.05) is 0 Å². The van der Waals surface area contributed by atoms with E-state index in [1.807, 2.05) is 13.0 Å². The fourth-order valence-corrected chi connectivity index (χ4v) is 1.55. The van der Waals surface area contributed by atoms with Crippen molar-refractivity contribution in [2.24, 2.45) is 5.73 Å². The molecule has 0 aliphatic carbocycles. The molecule has 6 heteroatoms. The van der Waals surface area contributed by atoms with Crippen molar-refractivity contribution < 1.29 is 9.53 Å². The van der Waals surface area contributed by atoms with Crippen LogP contribution in [0.5, 0.6) is 0 Å². The zero-order chi connectivity index (χ0) is 13.6. The molecule has 0 fully saturated rings. The Balaban J connectivity index is 0.000000304. The summed E-state index contributed by atoms with van der Waals surface area (Å²) in [6.45, 7) is 7.29. The highest BCUT2D eigenvalue weighted by Gasteiger charge is 2.12. The number of carbonyl (C=O) groups excluding carboxylic acids is 1. The van der Waals surface area contributed by atoms with E-state index < -0.39 is 11.7 Å². The number of aryl methyl sites for hydroxylation is 1. The molecule has 1 rings (SSSR count). The summed E-state index contributed by atoms with van der Waals surface area (Å²) in [5.74, 6) is 0. The van der Waals surface area contributed by atoms with E-state index in [0.717, 1.165) is 3.57 Å². The predicted octanol–water partition coefficient (Wildman–Crippen LogP) is 3.53. The van der Waals surface area contributed by atoms with Gasteiger partial charge in [0.15, 0.2) is 0 Å². The molecule has 0 saturated heterocycles. The highest BCUT2D eigenvalue weighted by Crippen LogP contribution is 2.13. The highest BCUT2D eigenvalue weighted by atomic mass is 127. The lowest BCUT2D eigenvalue weighted by molar-refractivity contribution is 0.0600. The van der Waals surface area contributed by atoms with Crippen LogP contribution in [-0.2, 0) is 4.74 Å². The minimum Gasteiger partial charge on any atom is -0.444 e. The van der Waals surface area contributed by atoms with Crippen LogP contribution in [0.1, 0.15) is 26.3 Å². The van der Waals surface area contributed by atoms with Crippen LogP contribution >= 0.6 is 34.2 Å². The quantitative estimate of drug-likeness (QED) is 0.561. The normalized spacial score (nSPS) is 10.2. The van der Waals surface area contributed by atoms with Crippen LogP contribution < -0.4 is 5.73 Å². The molecule has 0 radical (unpaired) electrons. The summed E-state index contributed by atoms with van der Waals surface area (Å²) in [6, 6.07) is 1.84. The Morgan fingerprint density at radius 3 is 2.29 bits per heavy atom. The third-order valence-electron chi connectivity index (χ3n) is 1.41. The predicted molar refractivity (Wildman–Crippen MR) is 77.1 cm³/mol. The van der Waals surface area contributed by atoms with Gasteiger partial charge in [-0.05, 0) is 61.9 Å². The summed E-state index contributed by atoms with van der Waals surface area (Å²) in [4.78, 5) is 13.9. The van der Waals surface area contributed by atoms with Crippen molar-refractivity contribution in [1.82, 2.24) is 4.98 Å². The molecule has 0 spiro atoms. The number of ether oxygens (including phenoxy) is 1. The molecule has 4 nitrogen and oxygen atoms in total. The smallest absolute Gasteiger partial charge is 0.405 e. The molecule has 0 atom stereocenters. The Morgan fingerprint density at radius 1 is 1.53 bits per heavy atom. The van der Waals surface area contributed by atoms with E-state index in [2.05, 4.69) is 32.3 Å². The van der Waals surface area contributed by atoms with Crippen molar-refractivity contribution in [3.05, 3.63) is 26.5 Å². The largest absolute Gasteiger partial charge is 0.444 e. The van der Waals surface area contributed by atoms with Crippen molar-refractivity contribution in [1.29, 1.82) is 0 Å². The van der Waals surface area contributed by atoms with E-state index in [1.165, 1.54) is 5.56 Å². The molecular formula is C11H16ClIN2O2. The summed E-state index contributed by atoms with van der Waals surface area (Å²) in [5, 5.41) is 0.560. The molecule has 0 unspecified atom stereocenters. The fourth-order valence-electron chi connectivity index (χ4n) is 0.778. The maximum atomic E-state index is 10.0. The van der Waals surface area contributed by atoms with Crippen molar-refractivity contribution in [3.8, 4) is 0 Å². The zero-order valence-electron chi connectivity index (χ0n) is 10.3. The number of carbonyl (C=O) groups is 1. The Bertz CT molecular complexity index is 392. The second-order valence-electron chi connectivity index (χ2n) is 4.29. The molecule has 0 aliphatic heterocycles. The Morgan fingerprint density at radius 2 is 2.06 bits per heavy atom. The third-order valence-corrected chi connectivity index (χ3v) is 2.78.